The largest absolute Gasteiger partial charge is 0.504 e. The Kier molecular flexibility index (Phi) is 3.10. The van der Waals surface area contributed by atoms with E-state index in [9.17, 15) is 5.11 Å². The number of rotatable bonds is 4. The van der Waals surface area contributed by atoms with Crippen molar-refractivity contribution in [2.75, 3.05) is 13.7 Å². The number of phenolic OH excluding ortho intramolecular Hbond substituents is 1. The zero-order chi connectivity index (χ0) is 14.2. The van der Waals surface area contributed by atoms with Gasteiger partial charge in [-0.2, -0.15) is 4.98 Å². The van der Waals surface area contributed by atoms with Gasteiger partial charge in [-0.15, -0.1) is 0 Å². The lowest BCUT2D eigenvalue weighted by Gasteiger charge is -2.36. The summed E-state index contributed by atoms with van der Waals surface area (Å²) in [5.41, 5.74) is 6.42. The summed E-state index contributed by atoms with van der Waals surface area (Å²) in [5, 5.41) is 13.6. The standard InChI is InChI=1S/C14H17N3O3/c1-19-11-7-9(3-4-10(11)18)12-16-13(20-17-12)14(8-15)5-2-6-14/h3-4,7,18H,2,5-6,8,15H2,1H3. The number of phenols is 1. The molecule has 0 spiro atoms. The summed E-state index contributed by atoms with van der Waals surface area (Å²) in [6.45, 7) is 0.521. The first kappa shape index (κ1) is 12.9. The first-order valence-electron chi connectivity index (χ1n) is 6.60. The van der Waals surface area contributed by atoms with Gasteiger partial charge in [0.15, 0.2) is 11.5 Å². The Labute approximate surface area is 116 Å². The molecule has 0 radical (unpaired) electrons. The third kappa shape index (κ3) is 1.92. The molecular formula is C14H17N3O3. The van der Waals surface area contributed by atoms with Crippen LogP contribution in [-0.4, -0.2) is 28.9 Å². The topological polar surface area (TPSA) is 94.4 Å². The van der Waals surface area contributed by atoms with Gasteiger partial charge in [-0.05, 0) is 31.0 Å². The maximum absolute atomic E-state index is 9.60. The predicted molar refractivity (Wildman–Crippen MR) is 72.5 cm³/mol. The molecule has 1 fully saturated rings. The molecule has 1 heterocycles. The van der Waals surface area contributed by atoms with E-state index in [2.05, 4.69) is 10.1 Å². The molecule has 20 heavy (non-hydrogen) atoms. The van der Waals surface area contributed by atoms with Crippen molar-refractivity contribution in [3.05, 3.63) is 24.1 Å². The van der Waals surface area contributed by atoms with Crippen molar-refractivity contribution in [1.29, 1.82) is 0 Å². The molecule has 0 saturated heterocycles. The molecule has 0 bridgehead atoms. The fourth-order valence-electron chi connectivity index (χ4n) is 2.48. The predicted octanol–water partition coefficient (Wildman–Crippen LogP) is 1.83. The molecule has 1 aromatic heterocycles. The van der Waals surface area contributed by atoms with E-state index in [1.54, 1.807) is 18.2 Å². The molecular weight excluding hydrogens is 258 g/mol. The SMILES string of the molecule is COc1cc(-c2noc(C3(CN)CCC3)n2)ccc1O. The van der Waals surface area contributed by atoms with Gasteiger partial charge >= 0.3 is 0 Å². The monoisotopic (exact) mass is 275 g/mol. The molecule has 0 atom stereocenters. The molecule has 2 aromatic rings. The summed E-state index contributed by atoms with van der Waals surface area (Å²) in [7, 11) is 1.50. The minimum Gasteiger partial charge on any atom is -0.504 e. The highest BCUT2D eigenvalue weighted by molar-refractivity contribution is 5.60. The lowest BCUT2D eigenvalue weighted by Crippen LogP contribution is -2.41. The van der Waals surface area contributed by atoms with Crippen LogP contribution in [0.15, 0.2) is 22.7 Å². The molecule has 6 nitrogen and oxygen atoms in total. The van der Waals surface area contributed by atoms with E-state index in [1.807, 2.05) is 0 Å². The second-order valence-electron chi connectivity index (χ2n) is 5.15. The van der Waals surface area contributed by atoms with Crippen LogP contribution in [0.3, 0.4) is 0 Å². The van der Waals surface area contributed by atoms with E-state index in [4.69, 9.17) is 15.0 Å². The summed E-state index contributed by atoms with van der Waals surface area (Å²) < 4.78 is 10.5. The molecule has 1 aromatic carbocycles. The maximum Gasteiger partial charge on any atom is 0.234 e. The first-order chi connectivity index (χ1) is 9.68. The van der Waals surface area contributed by atoms with E-state index in [0.29, 0.717) is 24.0 Å². The third-order valence-electron chi connectivity index (χ3n) is 4.02. The van der Waals surface area contributed by atoms with Crippen molar-refractivity contribution < 1.29 is 14.4 Å². The molecule has 3 rings (SSSR count). The molecule has 1 aliphatic carbocycles. The van der Waals surface area contributed by atoms with Gasteiger partial charge in [-0.3, -0.25) is 0 Å². The summed E-state index contributed by atoms with van der Waals surface area (Å²) in [6.07, 6.45) is 3.12. The summed E-state index contributed by atoms with van der Waals surface area (Å²) in [6, 6.07) is 4.95. The highest BCUT2D eigenvalue weighted by Crippen LogP contribution is 2.42. The van der Waals surface area contributed by atoms with Gasteiger partial charge in [0.05, 0.1) is 12.5 Å². The Morgan fingerprint density at radius 1 is 1.45 bits per heavy atom. The molecule has 0 unspecified atom stereocenters. The average Bonchev–Trinajstić information content (AvgIpc) is 2.89. The van der Waals surface area contributed by atoms with Gasteiger partial charge < -0.3 is 20.1 Å². The molecule has 1 aliphatic rings. The smallest absolute Gasteiger partial charge is 0.234 e. The number of hydrogen-bond acceptors (Lipinski definition) is 6. The number of nitrogens with two attached hydrogens (primary N) is 1. The fraction of sp³-hybridized carbons (Fsp3) is 0.429. The van der Waals surface area contributed by atoms with E-state index >= 15 is 0 Å². The Morgan fingerprint density at radius 3 is 2.85 bits per heavy atom. The Balaban J connectivity index is 1.94. The quantitative estimate of drug-likeness (QED) is 0.884. The van der Waals surface area contributed by atoms with Crippen molar-refractivity contribution in [3.63, 3.8) is 0 Å². The Morgan fingerprint density at radius 2 is 2.25 bits per heavy atom. The second-order valence-corrected chi connectivity index (χ2v) is 5.15. The van der Waals surface area contributed by atoms with Crippen LogP contribution in [0.4, 0.5) is 0 Å². The van der Waals surface area contributed by atoms with Gasteiger partial charge in [0.1, 0.15) is 0 Å². The molecule has 106 valence electrons. The number of nitrogens with zero attached hydrogens (tertiary/aromatic N) is 2. The van der Waals surface area contributed by atoms with Crippen molar-refractivity contribution in [2.24, 2.45) is 5.73 Å². The molecule has 1 saturated carbocycles. The van der Waals surface area contributed by atoms with Crippen LogP contribution in [0.5, 0.6) is 11.5 Å². The van der Waals surface area contributed by atoms with E-state index in [-0.39, 0.29) is 11.2 Å². The first-order valence-corrected chi connectivity index (χ1v) is 6.60. The van der Waals surface area contributed by atoms with E-state index in [0.717, 1.165) is 24.8 Å². The van der Waals surface area contributed by atoms with Crippen molar-refractivity contribution >= 4 is 0 Å². The molecule has 6 heteroatoms. The van der Waals surface area contributed by atoms with Crippen molar-refractivity contribution in [3.8, 4) is 22.9 Å². The number of hydrogen-bond donors (Lipinski definition) is 2. The van der Waals surface area contributed by atoms with E-state index < -0.39 is 0 Å². The Hall–Kier alpha value is -2.08. The van der Waals surface area contributed by atoms with Crippen LogP contribution in [0, 0.1) is 0 Å². The van der Waals surface area contributed by atoms with Crippen molar-refractivity contribution in [2.45, 2.75) is 24.7 Å². The highest BCUT2D eigenvalue weighted by atomic mass is 16.5. The van der Waals surface area contributed by atoms with Gasteiger partial charge in [0.25, 0.3) is 0 Å². The number of ether oxygens (including phenoxy) is 1. The van der Waals surface area contributed by atoms with Gasteiger partial charge in [0.2, 0.25) is 11.7 Å². The zero-order valence-corrected chi connectivity index (χ0v) is 11.3. The second kappa shape index (κ2) is 4.79. The number of benzene rings is 1. The van der Waals surface area contributed by atoms with E-state index in [1.165, 1.54) is 7.11 Å². The molecule has 0 aliphatic heterocycles. The third-order valence-corrected chi connectivity index (χ3v) is 4.02. The Bertz CT molecular complexity index is 614. The molecule has 3 N–H and O–H groups in total. The molecule has 0 amide bonds. The summed E-state index contributed by atoms with van der Waals surface area (Å²) >= 11 is 0. The number of aromatic hydroxyl groups is 1. The lowest BCUT2D eigenvalue weighted by molar-refractivity contribution is 0.182. The number of methoxy groups -OCH3 is 1. The fourth-order valence-corrected chi connectivity index (χ4v) is 2.48. The van der Waals surface area contributed by atoms with Crippen LogP contribution in [-0.2, 0) is 5.41 Å². The van der Waals surface area contributed by atoms with Gasteiger partial charge in [-0.25, -0.2) is 0 Å². The van der Waals surface area contributed by atoms with Crippen LogP contribution in [0.1, 0.15) is 25.2 Å². The summed E-state index contributed by atoms with van der Waals surface area (Å²) in [5.74, 6) is 1.55. The normalized spacial score (nSPS) is 16.7. The lowest BCUT2D eigenvalue weighted by atomic mass is 9.69. The van der Waals surface area contributed by atoms with Gasteiger partial charge in [0, 0.05) is 12.1 Å². The van der Waals surface area contributed by atoms with Crippen LogP contribution in [0.2, 0.25) is 0 Å². The van der Waals surface area contributed by atoms with Crippen LogP contribution in [0.25, 0.3) is 11.4 Å². The highest BCUT2D eigenvalue weighted by Gasteiger charge is 2.42. The van der Waals surface area contributed by atoms with Crippen LogP contribution < -0.4 is 10.5 Å². The maximum atomic E-state index is 9.60. The summed E-state index contributed by atoms with van der Waals surface area (Å²) in [4.78, 5) is 4.46. The minimum absolute atomic E-state index is 0.0809. The van der Waals surface area contributed by atoms with Crippen molar-refractivity contribution in [1.82, 2.24) is 10.1 Å². The van der Waals surface area contributed by atoms with Gasteiger partial charge in [-0.1, -0.05) is 11.6 Å². The average molecular weight is 275 g/mol. The zero-order valence-electron chi connectivity index (χ0n) is 11.3. The number of aromatic nitrogens is 2. The minimum atomic E-state index is -0.147. The van der Waals surface area contributed by atoms with Crippen LogP contribution >= 0.6 is 0 Å².